The Morgan fingerprint density at radius 3 is 2.41 bits per heavy atom. The summed E-state index contributed by atoms with van der Waals surface area (Å²) in [5, 5.41) is 0. The molecule has 0 bridgehead atoms. The first-order valence-electron chi connectivity index (χ1n) is 6.83. The van der Waals surface area contributed by atoms with Gasteiger partial charge in [-0.3, -0.25) is 4.79 Å². The second-order valence-electron chi connectivity index (χ2n) is 5.01. The molecule has 1 rings (SSSR count). The highest BCUT2D eigenvalue weighted by Gasteiger charge is 2.20. The molecular weight excluding hydrogens is 309 g/mol. The first-order valence-corrected chi connectivity index (χ1v) is 8.72. The summed E-state index contributed by atoms with van der Waals surface area (Å²) in [6.45, 7) is 2.01. The Bertz CT molecular complexity index is 696. The Balaban J connectivity index is 3.36. The van der Waals surface area contributed by atoms with Crippen LogP contribution in [0.25, 0.3) is 0 Å². The van der Waals surface area contributed by atoms with Crippen molar-refractivity contribution in [2.24, 2.45) is 16.5 Å². The van der Waals surface area contributed by atoms with Gasteiger partial charge in [0.2, 0.25) is 0 Å². The molecule has 1 aromatic rings. The minimum absolute atomic E-state index is 0.0702. The Morgan fingerprint density at radius 2 is 1.91 bits per heavy atom. The van der Waals surface area contributed by atoms with Crippen LogP contribution in [-0.2, 0) is 16.3 Å². The number of sulfone groups is 1. The summed E-state index contributed by atoms with van der Waals surface area (Å²) >= 11 is 0. The van der Waals surface area contributed by atoms with Gasteiger partial charge in [0.1, 0.15) is 5.82 Å². The fraction of sp³-hybridized carbons (Fsp3) is 0.429. The van der Waals surface area contributed by atoms with Gasteiger partial charge in [-0.2, -0.15) is 4.99 Å². The molecule has 0 fully saturated rings. The molecule has 0 aliphatic carbocycles. The summed E-state index contributed by atoms with van der Waals surface area (Å²) in [6.07, 6.45) is 4.03. The number of carbonyl (C=O) groups is 1. The maximum absolute atomic E-state index is 14.1. The Labute approximate surface area is 129 Å². The fourth-order valence-electron chi connectivity index (χ4n) is 2.04. The largest absolute Gasteiger partial charge is 0.370 e. The molecule has 1 aromatic carbocycles. The van der Waals surface area contributed by atoms with Crippen molar-refractivity contribution in [2.45, 2.75) is 37.5 Å². The van der Waals surface area contributed by atoms with Gasteiger partial charge in [0.25, 0.3) is 5.91 Å². The minimum Gasteiger partial charge on any atom is -0.370 e. The van der Waals surface area contributed by atoms with Crippen molar-refractivity contribution >= 4 is 21.7 Å². The van der Waals surface area contributed by atoms with Crippen LogP contribution in [0.15, 0.2) is 22.0 Å². The smallest absolute Gasteiger partial charge is 0.283 e. The monoisotopic (exact) mass is 329 g/mol. The molecule has 0 aliphatic heterocycles. The van der Waals surface area contributed by atoms with Crippen LogP contribution >= 0.6 is 0 Å². The van der Waals surface area contributed by atoms with E-state index in [1.54, 1.807) is 0 Å². The zero-order valence-electron chi connectivity index (χ0n) is 12.6. The number of unbranched alkanes of at least 4 members (excludes halogenated alkanes) is 2. The highest BCUT2D eigenvalue weighted by molar-refractivity contribution is 7.90. The van der Waals surface area contributed by atoms with Gasteiger partial charge in [0, 0.05) is 6.26 Å². The highest BCUT2D eigenvalue weighted by Crippen LogP contribution is 2.23. The average Bonchev–Trinajstić information content (AvgIpc) is 2.36. The van der Waals surface area contributed by atoms with Crippen LogP contribution in [0.4, 0.5) is 4.39 Å². The Morgan fingerprint density at radius 1 is 1.27 bits per heavy atom. The lowest BCUT2D eigenvalue weighted by molar-refractivity contribution is 0.0998. The zero-order valence-corrected chi connectivity index (χ0v) is 13.4. The van der Waals surface area contributed by atoms with Gasteiger partial charge in [0.15, 0.2) is 15.8 Å². The number of rotatable bonds is 6. The molecule has 22 heavy (non-hydrogen) atoms. The summed E-state index contributed by atoms with van der Waals surface area (Å²) in [7, 11) is -3.60. The van der Waals surface area contributed by atoms with E-state index < -0.39 is 33.1 Å². The maximum Gasteiger partial charge on any atom is 0.283 e. The predicted octanol–water partition coefficient (Wildman–Crippen LogP) is 1.38. The molecule has 4 N–H and O–H groups in total. The van der Waals surface area contributed by atoms with Crippen molar-refractivity contribution in [3.8, 4) is 0 Å². The number of benzene rings is 1. The van der Waals surface area contributed by atoms with Crippen LogP contribution in [0.1, 0.15) is 42.1 Å². The van der Waals surface area contributed by atoms with Gasteiger partial charge >= 0.3 is 0 Å². The molecule has 0 unspecified atom stereocenters. The van der Waals surface area contributed by atoms with Crippen LogP contribution < -0.4 is 11.5 Å². The number of nitrogens with two attached hydrogens (primary N) is 2. The van der Waals surface area contributed by atoms with E-state index in [0.717, 1.165) is 37.7 Å². The topological polar surface area (TPSA) is 116 Å². The molecule has 6 nitrogen and oxygen atoms in total. The van der Waals surface area contributed by atoms with Crippen molar-refractivity contribution in [1.82, 2.24) is 0 Å². The first-order chi connectivity index (χ1) is 10.2. The van der Waals surface area contributed by atoms with E-state index in [2.05, 4.69) is 4.99 Å². The highest BCUT2D eigenvalue weighted by atomic mass is 32.2. The number of aliphatic imine (C=N–C) groups is 1. The standard InChI is InChI=1S/C14H20FN3O3S/c1-3-4-5-6-9-7-11(15)10(13(19)18-14(16)17)8-12(9)22(2,20)21/h7-8H,3-6H2,1-2H3,(H4,16,17,18,19). The van der Waals surface area contributed by atoms with Gasteiger partial charge in [-0.05, 0) is 30.5 Å². The van der Waals surface area contributed by atoms with Crippen molar-refractivity contribution < 1.29 is 17.6 Å². The number of hydrogen-bond acceptors (Lipinski definition) is 3. The van der Waals surface area contributed by atoms with Crippen molar-refractivity contribution in [1.29, 1.82) is 0 Å². The number of nitrogens with zero attached hydrogens (tertiary/aromatic N) is 1. The van der Waals surface area contributed by atoms with Crippen LogP contribution in [-0.4, -0.2) is 26.5 Å². The lowest BCUT2D eigenvalue weighted by Gasteiger charge is -2.10. The van der Waals surface area contributed by atoms with E-state index in [4.69, 9.17) is 11.5 Å². The second kappa shape index (κ2) is 7.35. The van der Waals surface area contributed by atoms with Gasteiger partial charge in [-0.25, -0.2) is 12.8 Å². The molecule has 0 saturated carbocycles. The summed E-state index contributed by atoms with van der Waals surface area (Å²) in [5.74, 6) is -2.37. The predicted molar refractivity (Wildman–Crippen MR) is 82.9 cm³/mol. The summed E-state index contributed by atoms with van der Waals surface area (Å²) in [4.78, 5) is 14.9. The molecule has 0 atom stereocenters. The van der Waals surface area contributed by atoms with Crippen molar-refractivity contribution in [3.63, 3.8) is 0 Å². The molecule has 0 saturated heterocycles. The Kier molecular flexibility index (Phi) is 6.04. The second-order valence-corrected chi connectivity index (χ2v) is 7.00. The number of carbonyl (C=O) groups excluding carboxylic acids is 1. The molecular formula is C14H20FN3O3S. The summed E-state index contributed by atoms with van der Waals surface area (Å²) in [5.41, 5.74) is 10.1. The van der Waals surface area contributed by atoms with E-state index in [-0.39, 0.29) is 4.90 Å². The van der Waals surface area contributed by atoms with Crippen LogP contribution in [0.2, 0.25) is 0 Å². The summed E-state index contributed by atoms with van der Waals surface area (Å²) < 4.78 is 37.8. The van der Waals surface area contributed by atoms with Crippen LogP contribution in [0.3, 0.4) is 0 Å². The van der Waals surface area contributed by atoms with Crippen molar-refractivity contribution in [2.75, 3.05) is 6.26 Å². The molecule has 0 spiro atoms. The third-order valence-corrected chi connectivity index (χ3v) is 4.24. The number of amides is 1. The van der Waals surface area contributed by atoms with E-state index in [1.165, 1.54) is 0 Å². The average molecular weight is 329 g/mol. The Hall–Kier alpha value is -1.96. The minimum atomic E-state index is -3.60. The van der Waals surface area contributed by atoms with Gasteiger partial charge in [-0.15, -0.1) is 0 Å². The third kappa shape index (κ3) is 4.80. The molecule has 0 heterocycles. The third-order valence-electron chi connectivity index (χ3n) is 3.06. The normalized spacial score (nSPS) is 11.2. The lowest BCUT2D eigenvalue weighted by atomic mass is 10.0. The number of guanidine groups is 1. The molecule has 1 amide bonds. The number of halogens is 1. The van der Waals surface area contributed by atoms with Crippen LogP contribution in [0.5, 0.6) is 0 Å². The van der Waals surface area contributed by atoms with Crippen LogP contribution in [0, 0.1) is 5.82 Å². The van der Waals surface area contributed by atoms with E-state index >= 15 is 0 Å². The fourth-order valence-corrected chi connectivity index (χ4v) is 3.01. The molecule has 0 aromatic heterocycles. The number of aryl methyl sites for hydroxylation is 1. The summed E-state index contributed by atoms with van der Waals surface area (Å²) in [6, 6.07) is 2.07. The lowest BCUT2D eigenvalue weighted by Crippen LogP contribution is -2.24. The van der Waals surface area contributed by atoms with Gasteiger partial charge < -0.3 is 11.5 Å². The quantitative estimate of drug-likeness (QED) is 0.354. The zero-order chi connectivity index (χ0) is 16.9. The first kappa shape index (κ1) is 18.1. The van der Waals surface area contributed by atoms with Gasteiger partial charge in [-0.1, -0.05) is 19.8 Å². The van der Waals surface area contributed by atoms with Crippen molar-refractivity contribution in [3.05, 3.63) is 29.1 Å². The maximum atomic E-state index is 14.1. The molecule has 122 valence electrons. The van der Waals surface area contributed by atoms with Gasteiger partial charge in [0.05, 0.1) is 10.5 Å². The number of hydrogen-bond donors (Lipinski definition) is 2. The molecule has 8 heteroatoms. The van der Waals surface area contributed by atoms with E-state index in [0.29, 0.717) is 12.0 Å². The SMILES string of the molecule is CCCCCc1cc(F)c(C(=O)N=C(N)N)cc1S(C)(=O)=O. The van der Waals surface area contributed by atoms with E-state index in [1.807, 2.05) is 6.92 Å². The molecule has 0 aliphatic rings. The van der Waals surface area contributed by atoms with E-state index in [9.17, 15) is 17.6 Å². The molecule has 0 radical (unpaired) electrons.